The molecule has 1 saturated heterocycles. The summed E-state index contributed by atoms with van der Waals surface area (Å²) in [5, 5.41) is 16.6. The summed E-state index contributed by atoms with van der Waals surface area (Å²) in [5.41, 5.74) is 5.28. The van der Waals surface area contributed by atoms with Crippen molar-refractivity contribution in [1.29, 1.82) is 0 Å². The van der Waals surface area contributed by atoms with E-state index in [2.05, 4.69) is 61.5 Å². The molecule has 0 aliphatic carbocycles. The number of carbonyl (C=O) groups excluding carboxylic acids is 2. The molecule has 234 valence electrons. The summed E-state index contributed by atoms with van der Waals surface area (Å²) in [7, 11) is -2.16. The minimum Gasteiger partial charge on any atom is -0.412 e. The van der Waals surface area contributed by atoms with E-state index in [0.717, 1.165) is 21.7 Å². The standard InChI is InChI=1S/C32H46N4O5SSi/c1-19(2)28(27-14-24(17-37)35-40-27)31(39)36-16-25(41-43(8,9)32(5,6)7)15-26(36)30(38)34-20(3)22-10-12-23(13-11-22)29-21(4)33-18-42-29/h10-14,18-20,25-26,28,37H,15-17H2,1-9H3,(H,34,38)/t20-,25+,26-,28?/m0/s1. The zero-order valence-electron chi connectivity index (χ0n) is 26.8. The molecule has 11 heteroatoms. The monoisotopic (exact) mass is 626 g/mol. The molecule has 1 aliphatic rings. The van der Waals surface area contributed by atoms with Crippen molar-refractivity contribution in [3.8, 4) is 10.4 Å². The molecule has 0 bridgehead atoms. The molecule has 0 saturated carbocycles. The number of benzene rings is 1. The lowest BCUT2D eigenvalue weighted by Crippen LogP contribution is -2.48. The fourth-order valence-electron chi connectivity index (χ4n) is 5.33. The second kappa shape index (κ2) is 13.0. The SMILES string of the molecule is Cc1ncsc1-c1ccc([C@H](C)NC(=O)[C@@H]2C[C@@H](O[Si](C)(C)C(C)(C)C)CN2C(=O)C(c2cc(CO)no2)C(C)C)cc1. The van der Waals surface area contributed by atoms with Gasteiger partial charge in [0.05, 0.1) is 34.8 Å². The van der Waals surface area contributed by atoms with E-state index in [-0.39, 0.29) is 41.5 Å². The molecular formula is C32H46N4O5SSi. The number of likely N-dealkylation sites (tertiary alicyclic amines) is 1. The molecule has 2 aromatic heterocycles. The minimum atomic E-state index is -2.16. The highest BCUT2D eigenvalue weighted by molar-refractivity contribution is 7.13. The van der Waals surface area contributed by atoms with Gasteiger partial charge in [0.15, 0.2) is 8.32 Å². The van der Waals surface area contributed by atoms with Crippen LogP contribution in [0.1, 0.15) is 82.6 Å². The second-order valence-corrected chi connectivity index (χ2v) is 19.1. The molecule has 2 N–H and O–H groups in total. The Morgan fingerprint density at radius 1 is 1.21 bits per heavy atom. The number of aliphatic hydroxyl groups excluding tert-OH is 1. The summed E-state index contributed by atoms with van der Waals surface area (Å²) in [6.07, 6.45) is 0.164. The van der Waals surface area contributed by atoms with E-state index in [9.17, 15) is 14.7 Å². The summed E-state index contributed by atoms with van der Waals surface area (Å²) in [6, 6.07) is 8.83. The number of thiazole rings is 1. The Hall–Kier alpha value is -2.86. The number of rotatable bonds is 10. The first-order chi connectivity index (χ1) is 20.1. The normalized spacial score (nSPS) is 19.1. The van der Waals surface area contributed by atoms with Crippen LogP contribution in [-0.4, -0.2) is 59.0 Å². The van der Waals surface area contributed by atoms with Crippen LogP contribution in [0.4, 0.5) is 0 Å². The maximum absolute atomic E-state index is 14.2. The summed E-state index contributed by atoms with van der Waals surface area (Å²) in [6.45, 7) is 18.8. The van der Waals surface area contributed by atoms with Crippen molar-refractivity contribution in [2.75, 3.05) is 6.54 Å². The number of hydrogen-bond donors (Lipinski definition) is 2. The lowest BCUT2D eigenvalue weighted by molar-refractivity contribution is -0.141. The topological polar surface area (TPSA) is 118 Å². The van der Waals surface area contributed by atoms with Crippen LogP contribution in [0, 0.1) is 12.8 Å². The van der Waals surface area contributed by atoms with Gasteiger partial charge in [-0.1, -0.05) is 64.0 Å². The van der Waals surface area contributed by atoms with Gasteiger partial charge in [0.25, 0.3) is 0 Å². The maximum Gasteiger partial charge on any atom is 0.243 e. The van der Waals surface area contributed by atoms with Crippen LogP contribution in [0.3, 0.4) is 0 Å². The summed E-state index contributed by atoms with van der Waals surface area (Å²) in [4.78, 5) is 35.2. The van der Waals surface area contributed by atoms with Crippen molar-refractivity contribution in [2.45, 2.75) is 104 Å². The van der Waals surface area contributed by atoms with Crippen molar-refractivity contribution in [1.82, 2.24) is 20.4 Å². The Morgan fingerprint density at radius 2 is 1.88 bits per heavy atom. The molecule has 1 unspecified atom stereocenters. The second-order valence-electron chi connectivity index (χ2n) is 13.5. The number of carbonyl (C=O) groups is 2. The third-order valence-electron chi connectivity index (χ3n) is 8.87. The molecule has 0 spiro atoms. The van der Waals surface area contributed by atoms with Crippen LogP contribution in [-0.2, 0) is 20.6 Å². The average Bonchev–Trinajstić information content (AvgIpc) is 3.67. The fourth-order valence-corrected chi connectivity index (χ4v) is 7.50. The van der Waals surface area contributed by atoms with Gasteiger partial charge in [-0.05, 0) is 49.0 Å². The lowest BCUT2D eigenvalue weighted by atomic mass is 9.91. The average molecular weight is 627 g/mol. The molecule has 1 fully saturated rings. The molecule has 4 rings (SSSR count). The highest BCUT2D eigenvalue weighted by atomic mass is 32.1. The lowest BCUT2D eigenvalue weighted by Gasteiger charge is -2.38. The van der Waals surface area contributed by atoms with Crippen LogP contribution in [0.5, 0.6) is 0 Å². The Labute approximate surface area is 260 Å². The number of hydrogen-bond acceptors (Lipinski definition) is 8. The van der Waals surface area contributed by atoms with Crippen LogP contribution in [0.15, 0.2) is 40.4 Å². The molecule has 1 aliphatic heterocycles. The van der Waals surface area contributed by atoms with Crippen molar-refractivity contribution < 1.29 is 23.6 Å². The van der Waals surface area contributed by atoms with E-state index in [4.69, 9.17) is 8.95 Å². The van der Waals surface area contributed by atoms with E-state index in [0.29, 0.717) is 24.4 Å². The van der Waals surface area contributed by atoms with Gasteiger partial charge in [0, 0.05) is 19.0 Å². The molecule has 0 radical (unpaired) electrons. The van der Waals surface area contributed by atoms with Gasteiger partial charge < -0.3 is 24.3 Å². The molecule has 3 aromatic rings. The zero-order chi connectivity index (χ0) is 31.7. The number of aliphatic hydroxyl groups is 1. The predicted molar refractivity (Wildman–Crippen MR) is 171 cm³/mol. The fraction of sp³-hybridized carbons (Fsp3) is 0.562. The molecule has 3 heterocycles. The Kier molecular flexibility index (Phi) is 10.00. The van der Waals surface area contributed by atoms with Crippen molar-refractivity contribution >= 4 is 31.5 Å². The largest absolute Gasteiger partial charge is 0.412 e. The van der Waals surface area contributed by atoms with Gasteiger partial charge in [-0.15, -0.1) is 11.3 Å². The number of aryl methyl sites for hydroxylation is 1. The Bertz CT molecular complexity index is 1410. The number of aromatic nitrogens is 2. The third kappa shape index (κ3) is 7.27. The first kappa shape index (κ1) is 33.0. The molecule has 4 atom stereocenters. The Balaban J connectivity index is 1.57. The van der Waals surface area contributed by atoms with E-state index in [1.807, 2.05) is 45.3 Å². The van der Waals surface area contributed by atoms with Crippen molar-refractivity contribution in [2.24, 2.45) is 5.92 Å². The Morgan fingerprint density at radius 3 is 2.42 bits per heavy atom. The van der Waals surface area contributed by atoms with Crippen molar-refractivity contribution in [3.05, 3.63) is 58.6 Å². The number of nitrogens with zero attached hydrogens (tertiary/aromatic N) is 3. The van der Waals surface area contributed by atoms with Gasteiger partial charge in [0.2, 0.25) is 11.8 Å². The van der Waals surface area contributed by atoms with Gasteiger partial charge in [-0.2, -0.15) is 0 Å². The van der Waals surface area contributed by atoms with Crippen molar-refractivity contribution in [3.63, 3.8) is 0 Å². The summed E-state index contributed by atoms with van der Waals surface area (Å²) in [5.74, 6) is -0.776. The molecule has 2 amide bonds. The minimum absolute atomic E-state index is 0.0123. The first-order valence-corrected chi connectivity index (χ1v) is 18.8. The molecule has 1 aromatic carbocycles. The molecule has 9 nitrogen and oxygen atoms in total. The van der Waals surface area contributed by atoms with E-state index >= 15 is 0 Å². The molecular weight excluding hydrogens is 581 g/mol. The van der Waals surface area contributed by atoms with Crippen LogP contribution < -0.4 is 5.32 Å². The third-order valence-corrected chi connectivity index (χ3v) is 14.4. The highest BCUT2D eigenvalue weighted by Crippen LogP contribution is 2.40. The maximum atomic E-state index is 14.2. The number of amides is 2. The molecule has 43 heavy (non-hydrogen) atoms. The van der Waals surface area contributed by atoms with Gasteiger partial charge >= 0.3 is 0 Å². The van der Waals surface area contributed by atoms with Crippen LogP contribution in [0.25, 0.3) is 10.4 Å². The van der Waals surface area contributed by atoms with Crippen LogP contribution >= 0.6 is 11.3 Å². The number of nitrogens with one attached hydrogen (secondary N) is 1. The van der Waals surface area contributed by atoms with Crippen LogP contribution in [0.2, 0.25) is 18.1 Å². The quantitative estimate of drug-likeness (QED) is 0.257. The first-order valence-electron chi connectivity index (χ1n) is 15.0. The van der Waals surface area contributed by atoms with E-state index in [1.54, 1.807) is 22.3 Å². The smallest absolute Gasteiger partial charge is 0.243 e. The zero-order valence-corrected chi connectivity index (χ0v) is 28.6. The highest BCUT2D eigenvalue weighted by Gasteiger charge is 2.47. The predicted octanol–water partition coefficient (Wildman–Crippen LogP) is 6.21. The summed E-state index contributed by atoms with van der Waals surface area (Å²) >= 11 is 1.61. The summed E-state index contributed by atoms with van der Waals surface area (Å²) < 4.78 is 12.2. The van der Waals surface area contributed by atoms with E-state index < -0.39 is 20.3 Å². The van der Waals surface area contributed by atoms with Gasteiger partial charge in [-0.25, -0.2) is 4.98 Å². The van der Waals surface area contributed by atoms with Gasteiger partial charge in [-0.3, -0.25) is 9.59 Å². The van der Waals surface area contributed by atoms with Gasteiger partial charge in [0.1, 0.15) is 23.4 Å². The van der Waals surface area contributed by atoms with E-state index in [1.165, 1.54) is 0 Å².